The first-order chi connectivity index (χ1) is 12.1. The molecule has 1 aliphatic heterocycles. The fraction of sp³-hybridized carbons (Fsp3) is 0.529. The van der Waals surface area contributed by atoms with Crippen molar-refractivity contribution in [1.29, 1.82) is 0 Å². The van der Waals surface area contributed by atoms with Gasteiger partial charge in [0.25, 0.3) is 0 Å². The minimum absolute atomic E-state index is 0. The van der Waals surface area contributed by atoms with E-state index in [0.717, 1.165) is 5.56 Å². The average Bonchev–Trinajstić information content (AvgIpc) is 3.00. The number of benzene rings is 1. The van der Waals surface area contributed by atoms with Gasteiger partial charge in [-0.3, -0.25) is 14.5 Å². The Hall–Kier alpha value is -2.00. The predicted octanol–water partition coefficient (Wildman–Crippen LogP) is 2.27. The lowest BCUT2D eigenvalue weighted by Crippen LogP contribution is -2.38. The van der Waals surface area contributed by atoms with Gasteiger partial charge in [-0.05, 0) is 17.7 Å². The second-order valence-corrected chi connectivity index (χ2v) is 6.38. The molecule has 152 valence electrons. The summed E-state index contributed by atoms with van der Waals surface area (Å²) >= 11 is 0. The number of halogens is 4. The quantitative estimate of drug-likeness (QED) is 0.779. The van der Waals surface area contributed by atoms with Crippen LogP contribution in [0.1, 0.15) is 5.56 Å². The number of alkyl halides is 3. The van der Waals surface area contributed by atoms with E-state index < -0.39 is 30.5 Å². The summed E-state index contributed by atoms with van der Waals surface area (Å²) in [6.07, 6.45) is -4.60. The molecule has 0 saturated carbocycles. The molecule has 0 aliphatic carbocycles. The van der Waals surface area contributed by atoms with Crippen molar-refractivity contribution in [1.82, 2.24) is 9.80 Å². The molecule has 1 aromatic carbocycles. The molecule has 1 N–H and O–H groups in total. The first-order valence-corrected chi connectivity index (χ1v) is 8.00. The van der Waals surface area contributed by atoms with E-state index in [2.05, 4.69) is 0 Å². The van der Waals surface area contributed by atoms with Gasteiger partial charge in [-0.25, -0.2) is 0 Å². The van der Waals surface area contributed by atoms with Gasteiger partial charge in [0.05, 0.1) is 25.5 Å². The van der Waals surface area contributed by atoms with Crippen LogP contribution in [0.3, 0.4) is 0 Å². The Bertz CT molecular complexity index is 655. The summed E-state index contributed by atoms with van der Waals surface area (Å²) < 4.78 is 44.0. The summed E-state index contributed by atoms with van der Waals surface area (Å²) in [7, 11) is 3.10. The zero-order valence-corrected chi connectivity index (χ0v) is 15.7. The Labute approximate surface area is 161 Å². The van der Waals surface area contributed by atoms with E-state index in [4.69, 9.17) is 9.84 Å². The number of ether oxygens (including phenoxy) is 1. The lowest BCUT2D eigenvalue weighted by molar-refractivity contribution is -0.188. The van der Waals surface area contributed by atoms with Gasteiger partial charge in [0.2, 0.25) is 5.91 Å². The summed E-state index contributed by atoms with van der Waals surface area (Å²) in [4.78, 5) is 26.0. The van der Waals surface area contributed by atoms with E-state index in [1.54, 1.807) is 38.4 Å². The highest BCUT2D eigenvalue weighted by molar-refractivity contribution is 5.85. The smallest absolute Gasteiger partial charge is 0.393 e. The first-order valence-electron chi connectivity index (χ1n) is 8.00. The molecule has 0 radical (unpaired) electrons. The molecule has 1 saturated heterocycles. The topological polar surface area (TPSA) is 70.1 Å². The molecule has 10 heteroatoms. The van der Waals surface area contributed by atoms with Gasteiger partial charge in [0.15, 0.2) is 0 Å². The molecule has 1 heterocycles. The zero-order valence-electron chi connectivity index (χ0n) is 14.9. The molecule has 0 bridgehead atoms. The number of carboxylic acid groups (broad SMARTS) is 1. The normalized spacial score (nSPS) is 20.0. The van der Waals surface area contributed by atoms with Crippen molar-refractivity contribution in [2.75, 3.05) is 33.8 Å². The molecule has 1 amide bonds. The minimum Gasteiger partial charge on any atom is -0.497 e. The minimum atomic E-state index is -4.60. The van der Waals surface area contributed by atoms with Crippen LogP contribution in [0.15, 0.2) is 24.3 Å². The number of carboxylic acids is 1. The highest BCUT2D eigenvalue weighted by Crippen LogP contribution is 2.37. The van der Waals surface area contributed by atoms with Crippen molar-refractivity contribution < 1.29 is 32.6 Å². The molecule has 1 aliphatic rings. The highest BCUT2D eigenvalue weighted by atomic mass is 35.5. The first kappa shape index (κ1) is 23.0. The monoisotopic (exact) mass is 410 g/mol. The van der Waals surface area contributed by atoms with Crippen LogP contribution in [-0.4, -0.2) is 66.8 Å². The molecule has 1 aromatic rings. The van der Waals surface area contributed by atoms with Gasteiger partial charge in [-0.15, -0.1) is 12.4 Å². The number of carbonyl (C=O) groups excluding carboxylic acids is 1. The maximum Gasteiger partial charge on any atom is 0.393 e. The summed E-state index contributed by atoms with van der Waals surface area (Å²) in [6.45, 7) is -0.727. The molecule has 2 rings (SSSR count). The molecular formula is C17H22ClF3N2O4. The number of hydrogen-bond acceptors (Lipinski definition) is 4. The van der Waals surface area contributed by atoms with Crippen molar-refractivity contribution >= 4 is 24.3 Å². The number of methoxy groups -OCH3 is 1. The number of amides is 1. The molecule has 0 aromatic heterocycles. The van der Waals surface area contributed by atoms with Crippen LogP contribution in [0.2, 0.25) is 0 Å². The number of likely N-dealkylation sites (tertiary alicyclic amines) is 1. The number of nitrogens with zero attached hydrogens (tertiary/aromatic N) is 2. The maximum atomic E-state index is 13.0. The van der Waals surface area contributed by atoms with Crippen LogP contribution >= 0.6 is 12.4 Å². The van der Waals surface area contributed by atoms with E-state index in [9.17, 15) is 22.8 Å². The second-order valence-electron chi connectivity index (χ2n) is 6.38. The second kappa shape index (κ2) is 9.27. The molecule has 6 nitrogen and oxygen atoms in total. The summed E-state index contributed by atoms with van der Waals surface area (Å²) in [5, 5.41) is 9.01. The lowest BCUT2D eigenvalue weighted by Gasteiger charge is -2.22. The van der Waals surface area contributed by atoms with Crippen molar-refractivity contribution in [3.05, 3.63) is 29.8 Å². The predicted molar refractivity (Wildman–Crippen MR) is 93.8 cm³/mol. The number of carbonyl (C=O) groups is 2. The molecule has 0 unspecified atom stereocenters. The molecule has 1 fully saturated rings. The molecule has 0 spiro atoms. The number of likely N-dealkylation sites (N-methyl/N-ethyl adjacent to an activating group) is 1. The zero-order chi connectivity index (χ0) is 19.5. The number of aliphatic carboxylic acids is 1. The van der Waals surface area contributed by atoms with Gasteiger partial charge < -0.3 is 14.7 Å². The SMILES string of the molecule is COc1ccc(CN(C)C(=O)CN2C[C@@H](C(F)(F)F)[C@H](C(=O)O)C2)cc1.Cl. The Morgan fingerprint density at radius 3 is 2.30 bits per heavy atom. The van der Waals surface area contributed by atoms with Gasteiger partial charge in [0, 0.05) is 26.7 Å². The van der Waals surface area contributed by atoms with Crippen molar-refractivity contribution in [3.63, 3.8) is 0 Å². The van der Waals surface area contributed by atoms with Gasteiger partial charge >= 0.3 is 12.1 Å². The Kier molecular flexibility index (Phi) is 7.91. The summed E-state index contributed by atoms with van der Waals surface area (Å²) in [5.74, 6) is -4.69. The van der Waals surface area contributed by atoms with Gasteiger partial charge in [-0.2, -0.15) is 13.2 Å². The Morgan fingerprint density at radius 2 is 1.85 bits per heavy atom. The van der Waals surface area contributed by atoms with Crippen molar-refractivity contribution in [2.45, 2.75) is 12.7 Å². The largest absolute Gasteiger partial charge is 0.497 e. The van der Waals surface area contributed by atoms with E-state index in [-0.39, 0.29) is 31.4 Å². The lowest BCUT2D eigenvalue weighted by atomic mass is 9.96. The standard InChI is InChI=1S/C17H21F3N2O4.ClH/c1-21(7-11-3-5-12(26-2)6-4-11)15(23)10-22-8-13(16(24)25)14(9-22)17(18,19)20;/h3-6,13-14H,7-10H2,1-2H3,(H,24,25);1H/t13-,14-;/m1./s1. The number of rotatable bonds is 6. The summed E-state index contributed by atoms with van der Waals surface area (Å²) in [5.41, 5.74) is 0.847. The van der Waals surface area contributed by atoms with E-state index in [0.29, 0.717) is 12.3 Å². The van der Waals surface area contributed by atoms with Crippen LogP contribution in [0.25, 0.3) is 0 Å². The maximum absolute atomic E-state index is 13.0. The van der Waals surface area contributed by atoms with Crippen molar-refractivity contribution in [2.24, 2.45) is 11.8 Å². The van der Waals surface area contributed by atoms with Gasteiger partial charge in [-0.1, -0.05) is 12.1 Å². The fourth-order valence-corrected chi connectivity index (χ4v) is 3.00. The van der Waals surface area contributed by atoms with Crippen LogP contribution < -0.4 is 4.74 Å². The number of hydrogen-bond donors (Lipinski definition) is 1. The van der Waals surface area contributed by atoms with Gasteiger partial charge in [0.1, 0.15) is 5.75 Å². The van der Waals surface area contributed by atoms with Crippen molar-refractivity contribution in [3.8, 4) is 5.75 Å². The van der Waals surface area contributed by atoms with Crippen LogP contribution in [0, 0.1) is 11.8 Å². The highest BCUT2D eigenvalue weighted by Gasteiger charge is 2.52. The fourth-order valence-electron chi connectivity index (χ4n) is 3.00. The third-order valence-corrected chi connectivity index (χ3v) is 4.50. The Balaban J connectivity index is 0.00000364. The van der Waals surface area contributed by atoms with E-state index >= 15 is 0 Å². The molecular weight excluding hydrogens is 389 g/mol. The van der Waals surface area contributed by atoms with Crippen LogP contribution in [0.5, 0.6) is 5.75 Å². The average molecular weight is 411 g/mol. The van der Waals surface area contributed by atoms with Crippen LogP contribution in [0.4, 0.5) is 13.2 Å². The Morgan fingerprint density at radius 1 is 1.26 bits per heavy atom. The third kappa shape index (κ3) is 6.00. The molecule has 2 atom stereocenters. The van der Waals surface area contributed by atoms with Crippen LogP contribution in [-0.2, 0) is 16.1 Å². The third-order valence-electron chi connectivity index (χ3n) is 4.50. The van der Waals surface area contributed by atoms with E-state index in [1.165, 1.54) is 9.80 Å². The molecule has 27 heavy (non-hydrogen) atoms. The summed E-state index contributed by atoms with van der Waals surface area (Å²) in [6, 6.07) is 7.08. The van der Waals surface area contributed by atoms with E-state index in [1.807, 2.05) is 0 Å².